The summed E-state index contributed by atoms with van der Waals surface area (Å²) in [7, 11) is 0. The molecule has 2 rings (SSSR count). The van der Waals surface area contributed by atoms with Crippen LogP contribution in [-0.2, 0) is 6.42 Å². The molecule has 1 aromatic carbocycles. The van der Waals surface area contributed by atoms with Crippen LogP contribution in [0.15, 0.2) is 27.6 Å². The van der Waals surface area contributed by atoms with Crippen molar-refractivity contribution in [1.29, 1.82) is 0 Å². The smallest absolute Gasteiger partial charge is 0.0218 e. The molecular weight excluding hydrogens is 282 g/mol. The van der Waals surface area contributed by atoms with Gasteiger partial charge in [-0.1, -0.05) is 22.0 Å². The average molecular weight is 300 g/mol. The van der Waals surface area contributed by atoms with E-state index in [0.717, 1.165) is 5.92 Å². The minimum Gasteiger partial charge on any atom is -0.317 e. The van der Waals surface area contributed by atoms with Crippen LogP contribution < -0.4 is 5.32 Å². The maximum atomic E-state index is 3.69. The molecule has 0 unspecified atom stereocenters. The van der Waals surface area contributed by atoms with Crippen LogP contribution in [0, 0.1) is 5.92 Å². The fourth-order valence-electron chi connectivity index (χ4n) is 2.30. The highest BCUT2D eigenvalue weighted by Gasteiger charge is 2.16. The highest BCUT2D eigenvalue weighted by molar-refractivity contribution is 9.10. The summed E-state index contributed by atoms with van der Waals surface area (Å²) >= 11 is 5.54. The van der Waals surface area contributed by atoms with Gasteiger partial charge in [-0.2, -0.15) is 0 Å². The number of halogens is 1. The lowest BCUT2D eigenvalue weighted by atomic mass is 9.91. The normalized spacial score (nSPS) is 17.6. The Labute approximate surface area is 111 Å². The Morgan fingerprint density at radius 2 is 2.12 bits per heavy atom. The van der Waals surface area contributed by atoms with Crippen molar-refractivity contribution in [3.05, 3.63) is 28.2 Å². The second-order valence-electron chi connectivity index (χ2n) is 4.32. The monoisotopic (exact) mass is 299 g/mol. The van der Waals surface area contributed by atoms with Crippen molar-refractivity contribution in [2.24, 2.45) is 5.92 Å². The molecule has 0 spiro atoms. The summed E-state index contributed by atoms with van der Waals surface area (Å²) < 4.78 is 1.28. The SMILES string of the molecule is CSc1cccc(Br)c1CC1CCNCC1. The number of hydrogen-bond donors (Lipinski definition) is 1. The Balaban J connectivity index is 2.12. The molecule has 1 aliphatic rings. The van der Waals surface area contributed by atoms with Crippen LogP contribution >= 0.6 is 27.7 Å². The molecular formula is C13H18BrNS. The fourth-order valence-corrected chi connectivity index (χ4v) is 3.62. The third kappa shape index (κ3) is 3.02. The van der Waals surface area contributed by atoms with E-state index in [9.17, 15) is 0 Å². The van der Waals surface area contributed by atoms with Gasteiger partial charge in [0.25, 0.3) is 0 Å². The molecule has 1 N–H and O–H groups in total. The van der Waals surface area contributed by atoms with E-state index in [-0.39, 0.29) is 0 Å². The number of benzene rings is 1. The van der Waals surface area contributed by atoms with Crippen molar-refractivity contribution in [3.8, 4) is 0 Å². The van der Waals surface area contributed by atoms with Crippen molar-refractivity contribution >= 4 is 27.7 Å². The van der Waals surface area contributed by atoms with Gasteiger partial charge in [0.2, 0.25) is 0 Å². The van der Waals surface area contributed by atoms with Crippen molar-refractivity contribution < 1.29 is 0 Å². The van der Waals surface area contributed by atoms with Crippen molar-refractivity contribution in [3.63, 3.8) is 0 Å². The molecule has 1 saturated heterocycles. The highest BCUT2D eigenvalue weighted by atomic mass is 79.9. The molecule has 0 atom stereocenters. The molecule has 0 saturated carbocycles. The lowest BCUT2D eigenvalue weighted by Crippen LogP contribution is -2.28. The molecule has 88 valence electrons. The van der Waals surface area contributed by atoms with Gasteiger partial charge in [0.05, 0.1) is 0 Å². The van der Waals surface area contributed by atoms with Gasteiger partial charge in [-0.15, -0.1) is 11.8 Å². The molecule has 1 aliphatic heterocycles. The first-order valence-corrected chi connectivity index (χ1v) is 7.85. The quantitative estimate of drug-likeness (QED) is 0.854. The van der Waals surface area contributed by atoms with Crippen LogP contribution in [0.5, 0.6) is 0 Å². The van der Waals surface area contributed by atoms with E-state index in [1.807, 2.05) is 11.8 Å². The van der Waals surface area contributed by atoms with Gasteiger partial charge in [-0.3, -0.25) is 0 Å². The van der Waals surface area contributed by atoms with E-state index < -0.39 is 0 Å². The van der Waals surface area contributed by atoms with Gasteiger partial charge in [0, 0.05) is 9.37 Å². The first-order valence-electron chi connectivity index (χ1n) is 5.83. The van der Waals surface area contributed by atoms with Crippen molar-refractivity contribution in [1.82, 2.24) is 5.32 Å². The molecule has 3 heteroatoms. The predicted octanol–water partition coefficient (Wildman–Crippen LogP) is 3.71. The maximum absolute atomic E-state index is 3.69. The Morgan fingerprint density at radius 3 is 2.81 bits per heavy atom. The first-order chi connectivity index (χ1) is 7.81. The maximum Gasteiger partial charge on any atom is 0.0218 e. The van der Waals surface area contributed by atoms with Gasteiger partial charge in [0.1, 0.15) is 0 Å². The predicted molar refractivity (Wildman–Crippen MR) is 75.2 cm³/mol. The second-order valence-corrected chi connectivity index (χ2v) is 6.02. The minimum atomic E-state index is 0.853. The van der Waals surface area contributed by atoms with Gasteiger partial charge < -0.3 is 5.32 Å². The van der Waals surface area contributed by atoms with Crippen LogP contribution in [0.1, 0.15) is 18.4 Å². The number of nitrogens with one attached hydrogen (secondary N) is 1. The van der Waals surface area contributed by atoms with Gasteiger partial charge >= 0.3 is 0 Å². The second kappa shape index (κ2) is 6.08. The van der Waals surface area contributed by atoms with E-state index in [1.54, 1.807) is 0 Å². The van der Waals surface area contributed by atoms with E-state index >= 15 is 0 Å². The summed E-state index contributed by atoms with van der Waals surface area (Å²) in [5, 5.41) is 3.43. The molecule has 16 heavy (non-hydrogen) atoms. The lowest BCUT2D eigenvalue weighted by Gasteiger charge is -2.24. The van der Waals surface area contributed by atoms with Gasteiger partial charge in [0.15, 0.2) is 0 Å². The van der Waals surface area contributed by atoms with Gasteiger partial charge in [-0.25, -0.2) is 0 Å². The molecule has 0 radical (unpaired) electrons. The third-order valence-electron chi connectivity index (χ3n) is 3.25. The van der Waals surface area contributed by atoms with Crippen LogP contribution in [0.3, 0.4) is 0 Å². The molecule has 1 heterocycles. The summed E-state index contributed by atoms with van der Waals surface area (Å²) in [6.45, 7) is 2.37. The number of thioether (sulfide) groups is 1. The Bertz CT molecular complexity index is 348. The van der Waals surface area contributed by atoms with Crippen LogP contribution in [0.4, 0.5) is 0 Å². The number of piperidine rings is 1. The summed E-state index contributed by atoms with van der Waals surface area (Å²) in [5.74, 6) is 0.853. The standard InChI is InChI=1S/C13H18BrNS/c1-16-13-4-2-3-12(14)11(13)9-10-5-7-15-8-6-10/h2-4,10,15H,5-9H2,1H3. The zero-order chi connectivity index (χ0) is 11.4. The van der Waals surface area contributed by atoms with Crippen molar-refractivity contribution in [2.45, 2.75) is 24.2 Å². The zero-order valence-electron chi connectivity index (χ0n) is 9.63. The van der Waals surface area contributed by atoms with E-state index in [0.29, 0.717) is 0 Å². The summed E-state index contributed by atoms with van der Waals surface area (Å²) in [6.07, 6.45) is 6.01. The van der Waals surface area contributed by atoms with Gasteiger partial charge in [-0.05, 0) is 62.2 Å². The van der Waals surface area contributed by atoms with Crippen LogP contribution in [-0.4, -0.2) is 19.3 Å². The molecule has 0 aromatic heterocycles. The summed E-state index contributed by atoms with van der Waals surface area (Å²) in [6, 6.07) is 6.52. The average Bonchev–Trinajstić information content (AvgIpc) is 2.33. The zero-order valence-corrected chi connectivity index (χ0v) is 12.0. The molecule has 1 nitrogen and oxygen atoms in total. The highest BCUT2D eigenvalue weighted by Crippen LogP contribution is 2.31. The fraction of sp³-hybridized carbons (Fsp3) is 0.538. The molecule has 1 aromatic rings. The third-order valence-corrected chi connectivity index (χ3v) is 4.81. The Kier molecular flexibility index (Phi) is 4.74. The number of hydrogen-bond acceptors (Lipinski definition) is 2. The lowest BCUT2D eigenvalue weighted by molar-refractivity contribution is 0.371. The summed E-state index contributed by atoms with van der Waals surface area (Å²) in [4.78, 5) is 1.42. The van der Waals surface area contributed by atoms with Crippen molar-refractivity contribution in [2.75, 3.05) is 19.3 Å². The number of rotatable bonds is 3. The topological polar surface area (TPSA) is 12.0 Å². The minimum absolute atomic E-state index is 0.853. The van der Waals surface area contributed by atoms with E-state index in [2.05, 4.69) is 45.7 Å². The summed E-state index contributed by atoms with van der Waals surface area (Å²) in [5.41, 5.74) is 1.50. The van der Waals surface area contributed by atoms with E-state index in [4.69, 9.17) is 0 Å². The van der Waals surface area contributed by atoms with Crippen LogP contribution in [0.25, 0.3) is 0 Å². The largest absolute Gasteiger partial charge is 0.317 e. The van der Waals surface area contributed by atoms with E-state index in [1.165, 1.54) is 47.3 Å². The Hall–Kier alpha value is 0.01000. The molecule has 0 amide bonds. The molecule has 1 fully saturated rings. The molecule has 0 aliphatic carbocycles. The molecule has 0 bridgehead atoms. The Morgan fingerprint density at radius 1 is 1.38 bits per heavy atom. The first kappa shape index (κ1) is 12.5. The van der Waals surface area contributed by atoms with Crippen LogP contribution in [0.2, 0.25) is 0 Å².